The van der Waals surface area contributed by atoms with E-state index in [0.717, 1.165) is 19.3 Å². The zero-order valence-electron chi connectivity index (χ0n) is 13.7. The third-order valence-corrected chi connectivity index (χ3v) is 4.65. The van der Waals surface area contributed by atoms with E-state index in [-0.39, 0.29) is 23.2 Å². The quantitative estimate of drug-likeness (QED) is 0.826. The molecule has 1 aliphatic carbocycles. The Morgan fingerprint density at radius 1 is 1.04 bits per heavy atom. The zero-order chi connectivity index (χ0) is 16.9. The molecule has 1 saturated carbocycles. The van der Waals surface area contributed by atoms with Gasteiger partial charge in [0.25, 0.3) is 11.5 Å². The average molecular weight is 333 g/mol. The maximum Gasteiger partial charge on any atom is 0.317 e. The van der Waals surface area contributed by atoms with Gasteiger partial charge in [0, 0.05) is 38.3 Å². The Bertz CT molecular complexity index is 633. The third-order valence-electron chi connectivity index (χ3n) is 4.65. The summed E-state index contributed by atoms with van der Waals surface area (Å²) in [6, 6.07) is 2.98. The van der Waals surface area contributed by atoms with Crippen LogP contribution in [0.4, 0.5) is 4.79 Å². The van der Waals surface area contributed by atoms with Crippen molar-refractivity contribution in [3.8, 4) is 0 Å². The highest BCUT2D eigenvalue weighted by atomic mass is 16.2. The van der Waals surface area contributed by atoms with E-state index in [1.165, 1.54) is 25.0 Å². The molecule has 0 spiro atoms. The van der Waals surface area contributed by atoms with E-state index in [1.54, 1.807) is 9.80 Å². The summed E-state index contributed by atoms with van der Waals surface area (Å²) in [5.41, 5.74) is -0.115. The first-order chi connectivity index (χ1) is 11.6. The van der Waals surface area contributed by atoms with Crippen molar-refractivity contribution in [3.05, 3.63) is 28.2 Å². The molecule has 2 fully saturated rings. The summed E-state index contributed by atoms with van der Waals surface area (Å²) < 4.78 is 0. The normalized spacial score (nSPS) is 19.2. The number of carbonyl (C=O) groups excluding carboxylic acids is 2. The van der Waals surface area contributed by atoms with E-state index < -0.39 is 0 Å². The Morgan fingerprint density at radius 2 is 1.75 bits per heavy atom. The molecule has 24 heavy (non-hydrogen) atoms. The highest BCUT2D eigenvalue weighted by molar-refractivity contribution is 5.92. The van der Waals surface area contributed by atoms with Crippen molar-refractivity contribution in [3.63, 3.8) is 0 Å². The molecular weight excluding hydrogens is 310 g/mol. The van der Waals surface area contributed by atoms with E-state index >= 15 is 0 Å². The number of carbonyl (C=O) groups is 2. The van der Waals surface area contributed by atoms with E-state index in [0.29, 0.717) is 32.2 Å². The van der Waals surface area contributed by atoms with Crippen LogP contribution < -0.4 is 10.9 Å². The van der Waals surface area contributed by atoms with Crippen LogP contribution >= 0.6 is 0 Å². The Labute approximate surface area is 140 Å². The molecule has 2 aliphatic rings. The predicted molar refractivity (Wildman–Crippen MR) is 87.7 cm³/mol. The fraction of sp³-hybridized carbons (Fsp3) is 0.625. The minimum atomic E-state index is -0.336. The van der Waals surface area contributed by atoms with Gasteiger partial charge < -0.3 is 15.1 Å². The average Bonchev–Trinajstić information content (AvgIpc) is 2.96. The second kappa shape index (κ2) is 7.46. The van der Waals surface area contributed by atoms with Crippen LogP contribution in [-0.2, 0) is 0 Å². The molecule has 8 nitrogen and oxygen atoms in total. The molecule has 3 rings (SSSR count). The lowest BCUT2D eigenvalue weighted by atomic mass is 10.2. The number of nitrogens with zero attached hydrogens (tertiary/aromatic N) is 3. The highest BCUT2D eigenvalue weighted by Crippen LogP contribution is 2.18. The molecule has 1 aromatic heterocycles. The lowest BCUT2D eigenvalue weighted by molar-refractivity contribution is 0.0755. The van der Waals surface area contributed by atoms with E-state index in [2.05, 4.69) is 15.5 Å². The molecule has 0 unspecified atom stereocenters. The smallest absolute Gasteiger partial charge is 0.317 e. The van der Waals surface area contributed by atoms with Crippen molar-refractivity contribution >= 4 is 11.9 Å². The summed E-state index contributed by atoms with van der Waals surface area (Å²) in [5, 5.41) is 9.15. The molecule has 1 aromatic rings. The molecule has 3 amide bonds. The van der Waals surface area contributed by atoms with Gasteiger partial charge in [0.15, 0.2) is 0 Å². The van der Waals surface area contributed by atoms with Gasteiger partial charge in [-0.05, 0) is 25.3 Å². The van der Waals surface area contributed by atoms with Crippen LogP contribution in [0.1, 0.15) is 42.6 Å². The van der Waals surface area contributed by atoms with E-state index in [4.69, 9.17) is 0 Å². The largest absolute Gasteiger partial charge is 0.335 e. The Hall–Kier alpha value is -2.38. The molecule has 1 aliphatic heterocycles. The number of H-pyrrole nitrogens is 1. The van der Waals surface area contributed by atoms with Gasteiger partial charge in [0.05, 0.1) is 0 Å². The summed E-state index contributed by atoms with van der Waals surface area (Å²) >= 11 is 0. The molecule has 0 atom stereocenters. The number of amides is 3. The predicted octanol–water partition coefficient (Wildman–Crippen LogP) is 0.570. The summed E-state index contributed by atoms with van der Waals surface area (Å²) in [6.07, 6.45) is 5.20. The number of hydrogen-bond donors (Lipinski definition) is 2. The Morgan fingerprint density at radius 3 is 2.46 bits per heavy atom. The Kier molecular flexibility index (Phi) is 5.12. The summed E-state index contributed by atoms with van der Waals surface area (Å²) in [6.45, 7) is 2.19. The highest BCUT2D eigenvalue weighted by Gasteiger charge is 2.25. The maximum absolute atomic E-state index is 12.4. The van der Waals surface area contributed by atoms with Gasteiger partial charge >= 0.3 is 6.03 Å². The molecule has 8 heteroatoms. The van der Waals surface area contributed by atoms with Gasteiger partial charge in [0.2, 0.25) is 0 Å². The lowest BCUT2D eigenvalue weighted by Crippen LogP contribution is -2.45. The summed E-state index contributed by atoms with van der Waals surface area (Å²) in [4.78, 5) is 39.3. The first-order valence-electron chi connectivity index (χ1n) is 8.54. The van der Waals surface area contributed by atoms with E-state index in [1.807, 2.05) is 0 Å². The summed E-state index contributed by atoms with van der Waals surface area (Å²) in [5.74, 6) is -0.218. The SMILES string of the molecule is O=C(NC1CCCC1)N1CCCN(C(=O)c2ccc(=O)[nH]n2)CC1. The van der Waals surface area contributed by atoms with Crippen LogP contribution in [0.25, 0.3) is 0 Å². The van der Waals surface area contributed by atoms with Crippen molar-refractivity contribution in [2.45, 2.75) is 38.1 Å². The second-order valence-corrected chi connectivity index (χ2v) is 6.37. The van der Waals surface area contributed by atoms with Gasteiger partial charge in [-0.2, -0.15) is 5.10 Å². The van der Waals surface area contributed by atoms with Gasteiger partial charge in [-0.3, -0.25) is 9.59 Å². The maximum atomic E-state index is 12.4. The standard InChI is InChI=1S/C16H23N5O3/c22-14-7-6-13(18-19-14)15(23)20-8-3-9-21(11-10-20)16(24)17-12-4-1-2-5-12/h6-7,12H,1-5,8-11H2,(H,17,24)(H,19,22). The van der Waals surface area contributed by atoms with Crippen molar-refractivity contribution in [2.75, 3.05) is 26.2 Å². The van der Waals surface area contributed by atoms with Crippen LogP contribution in [0, 0.1) is 0 Å². The number of nitrogens with one attached hydrogen (secondary N) is 2. The minimum Gasteiger partial charge on any atom is -0.335 e. The van der Waals surface area contributed by atoms with Crippen LogP contribution in [0.2, 0.25) is 0 Å². The van der Waals surface area contributed by atoms with Gasteiger partial charge in [-0.1, -0.05) is 12.8 Å². The number of rotatable bonds is 2. The van der Waals surface area contributed by atoms with Crippen molar-refractivity contribution in [1.29, 1.82) is 0 Å². The van der Waals surface area contributed by atoms with Crippen LogP contribution in [0.15, 0.2) is 16.9 Å². The molecule has 1 saturated heterocycles. The molecular formula is C16H23N5O3. The topological polar surface area (TPSA) is 98.4 Å². The number of urea groups is 1. The molecule has 2 heterocycles. The molecule has 0 aromatic carbocycles. The first-order valence-corrected chi connectivity index (χ1v) is 8.54. The monoisotopic (exact) mass is 333 g/mol. The fourth-order valence-corrected chi connectivity index (χ4v) is 3.29. The van der Waals surface area contributed by atoms with Crippen LogP contribution in [0.3, 0.4) is 0 Å². The van der Waals surface area contributed by atoms with Crippen LogP contribution in [-0.4, -0.2) is 64.2 Å². The van der Waals surface area contributed by atoms with Gasteiger partial charge in [-0.25, -0.2) is 9.89 Å². The molecule has 0 bridgehead atoms. The minimum absolute atomic E-state index is 0.0293. The van der Waals surface area contributed by atoms with Crippen molar-refractivity contribution in [1.82, 2.24) is 25.3 Å². The van der Waals surface area contributed by atoms with Gasteiger partial charge in [0.1, 0.15) is 5.69 Å². The Balaban J connectivity index is 1.56. The lowest BCUT2D eigenvalue weighted by Gasteiger charge is -2.24. The molecule has 0 radical (unpaired) electrons. The van der Waals surface area contributed by atoms with Crippen LogP contribution in [0.5, 0.6) is 0 Å². The fourth-order valence-electron chi connectivity index (χ4n) is 3.29. The molecule has 130 valence electrons. The first kappa shape index (κ1) is 16.5. The van der Waals surface area contributed by atoms with Crippen molar-refractivity contribution in [2.24, 2.45) is 0 Å². The van der Waals surface area contributed by atoms with E-state index in [9.17, 15) is 14.4 Å². The number of aromatic nitrogens is 2. The second-order valence-electron chi connectivity index (χ2n) is 6.37. The number of aromatic amines is 1. The van der Waals surface area contributed by atoms with Gasteiger partial charge in [-0.15, -0.1) is 0 Å². The van der Waals surface area contributed by atoms with Crippen molar-refractivity contribution < 1.29 is 9.59 Å². The zero-order valence-corrected chi connectivity index (χ0v) is 13.7. The third kappa shape index (κ3) is 3.93. The molecule has 2 N–H and O–H groups in total. The number of hydrogen-bond acceptors (Lipinski definition) is 4. The summed E-state index contributed by atoms with van der Waals surface area (Å²) in [7, 11) is 0.